The van der Waals surface area contributed by atoms with Crippen molar-refractivity contribution in [1.82, 2.24) is 35.0 Å². The molecule has 0 radical (unpaired) electrons. The molecule has 3 heterocycles. The number of amides is 2. The minimum atomic E-state index is -0.826. The molecule has 166 valence electrons. The van der Waals surface area contributed by atoms with Gasteiger partial charge in [0.25, 0.3) is 11.8 Å². The van der Waals surface area contributed by atoms with E-state index in [4.69, 9.17) is 4.74 Å². The molecule has 0 atom stereocenters. The smallest absolute Gasteiger partial charge is 0.387 e. The van der Waals surface area contributed by atoms with Gasteiger partial charge in [-0.15, -0.1) is 0 Å². The van der Waals surface area contributed by atoms with Crippen LogP contribution in [0.4, 0.5) is 22.0 Å². The Labute approximate surface area is 183 Å². The van der Waals surface area contributed by atoms with Gasteiger partial charge >= 0.3 is 6.09 Å². The zero-order chi connectivity index (χ0) is 22.7. The number of hydrogen-bond acceptors (Lipinski definition) is 9. The molecule has 3 N–H and O–H groups in total. The van der Waals surface area contributed by atoms with Crippen molar-refractivity contribution in [2.24, 2.45) is 0 Å². The van der Waals surface area contributed by atoms with Gasteiger partial charge in [-0.1, -0.05) is 0 Å². The van der Waals surface area contributed by atoms with Gasteiger partial charge in [-0.25, -0.2) is 24.7 Å². The fourth-order valence-corrected chi connectivity index (χ4v) is 3.03. The van der Waals surface area contributed by atoms with Crippen molar-refractivity contribution in [2.45, 2.75) is 38.6 Å². The van der Waals surface area contributed by atoms with Crippen molar-refractivity contribution in [2.75, 3.05) is 17.7 Å². The summed E-state index contributed by atoms with van der Waals surface area (Å²) in [6.07, 6.45) is 8.79. The second-order valence-electron chi connectivity index (χ2n) is 7.51. The van der Waals surface area contributed by atoms with Crippen molar-refractivity contribution in [3.63, 3.8) is 0 Å². The van der Waals surface area contributed by atoms with Crippen LogP contribution in [0.25, 0.3) is 0 Å². The van der Waals surface area contributed by atoms with E-state index < -0.39 is 6.09 Å². The largest absolute Gasteiger partial charge is 0.418 e. The molecular weight excluding hydrogens is 414 g/mol. The molecule has 0 spiro atoms. The molecule has 1 saturated carbocycles. The molecule has 0 aliphatic heterocycles. The Morgan fingerprint density at radius 3 is 2.56 bits per heavy atom. The van der Waals surface area contributed by atoms with Gasteiger partial charge in [0.05, 0.1) is 41.9 Å². The van der Waals surface area contributed by atoms with Crippen LogP contribution < -0.4 is 20.7 Å². The third-order valence-electron chi connectivity index (χ3n) is 4.73. The summed E-state index contributed by atoms with van der Waals surface area (Å²) in [4.78, 5) is 41.8. The van der Waals surface area contributed by atoms with Crippen LogP contribution in [0.2, 0.25) is 0 Å². The Morgan fingerprint density at radius 1 is 1.16 bits per heavy atom. The number of anilines is 3. The summed E-state index contributed by atoms with van der Waals surface area (Å²) < 4.78 is 7.00. The molecule has 2 amide bonds. The second kappa shape index (κ2) is 8.96. The molecule has 12 heteroatoms. The molecule has 32 heavy (non-hydrogen) atoms. The highest BCUT2D eigenvalue weighted by Crippen LogP contribution is 2.40. The fraction of sp³-hybridized carbons (Fsp3) is 0.350. The van der Waals surface area contributed by atoms with E-state index >= 15 is 0 Å². The lowest BCUT2D eigenvalue weighted by Gasteiger charge is -2.13. The molecule has 0 unspecified atom stereocenters. The standard InChI is InChI=1S/C20H23N9O3/c1-11(2)29-16(18(30)21-3)15(9-25-29)28-20(31)32-19-17(26-13-6-22-10-23-7-13)24-8-14(27-19)12-4-5-12/h6-12H,4-5H2,1-3H3,(H,21,30)(H,24,26)(H,28,31). The maximum Gasteiger partial charge on any atom is 0.418 e. The zero-order valence-electron chi connectivity index (χ0n) is 17.9. The lowest BCUT2D eigenvalue weighted by Crippen LogP contribution is -2.26. The highest BCUT2D eigenvalue weighted by Gasteiger charge is 2.28. The van der Waals surface area contributed by atoms with Crippen molar-refractivity contribution in [1.29, 1.82) is 0 Å². The predicted octanol–water partition coefficient (Wildman–Crippen LogP) is 2.64. The summed E-state index contributed by atoms with van der Waals surface area (Å²) in [5, 5.41) is 12.3. The molecule has 1 aliphatic rings. The molecular formula is C20H23N9O3. The average molecular weight is 437 g/mol. The van der Waals surface area contributed by atoms with Gasteiger partial charge in [-0.2, -0.15) is 5.10 Å². The van der Waals surface area contributed by atoms with E-state index in [1.807, 2.05) is 13.8 Å². The quantitative estimate of drug-likeness (QED) is 0.507. The summed E-state index contributed by atoms with van der Waals surface area (Å²) in [5.41, 5.74) is 1.75. The molecule has 0 bridgehead atoms. The summed E-state index contributed by atoms with van der Waals surface area (Å²) in [6, 6.07) is -0.0844. The first-order chi connectivity index (χ1) is 15.5. The molecule has 0 aromatic carbocycles. The lowest BCUT2D eigenvalue weighted by molar-refractivity contribution is 0.0951. The number of nitrogens with zero attached hydrogens (tertiary/aromatic N) is 6. The number of carbonyl (C=O) groups excluding carboxylic acids is 2. The van der Waals surface area contributed by atoms with E-state index in [1.54, 1.807) is 18.6 Å². The highest BCUT2D eigenvalue weighted by molar-refractivity contribution is 6.01. The van der Waals surface area contributed by atoms with Crippen LogP contribution >= 0.6 is 0 Å². The van der Waals surface area contributed by atoms with Gasteiger partial charge in [0.15, 0.2) is 5.82 Å². The molecule has 1 fully saturated rings. The minimum absolute atomic E-state index is 0.00787. The van der Waals surface area contributed by atoms with Crippen LogP contribution in [-0.4, -0.2) is 48.8 Å². The molecule has 1 aliphatic carbocycles. The number of carbonyl (C=O) groups is 2. The predicted molar refractivity (Wildman–Crippen MR) is 115 cm³/mol. The van der Waals surface area contributed by atoms with E-state index in [0.29, 0.717) is 11.6 Å². The van der Waals surface area contributed by atoms with Gasteiger partial charge in [-0.05, 0) is 26.7 Å². The Hall–Kier alpha value is -4.09. The van der Waals surface area contributed by atoms with Crippen LogP contribution in [0.15, 0.2) is 31.1 Å². The summed E-state index contributed by atoms with van der Waals surface area (Å²) in [7, 11) is 1.51. The van der Waals surface area contributed by atoms with Crippen LogP contribution in [0.5, 0.6) is 5.88 Å². The molecule has 12 nitrogen and oxygen atoms in total. The van der Waals surface area contributed by atoms with Gasteiger partial charge < -0.3 is 15.4 Å². The number of aromatic nitrogens is 6. The van der Waals surface area contributed by atoms with Crippen molar-refractivity contribution in [3.8, 4) is 5.88 Å². The molecule has 3 aromatic rings. The van der Waals surface area contributed by atoms with Gasteiger partial charge in [0, 0.05) is 19.0 Å². The normalized spacial score (nSPS) is 13.0. The number of hydrogen-bond donors (Lipinski definition) is 3. The summed E-state index contributed by atoms with van der Waals surface area (Å²) in [6.45, 7) is 3.76. The van der Waals surface area contributed by atoms with Crippen LogP contribution in [0.3, 0.4) is 0 Å². The molecule has 0 saturated heterocycles. The fourth-order valence-electron chi connectivity index (χ4n) is 3.03. The Morgan fingerprint density at radius 2 is 1.91 bits per heavy atom. The lowest BCUT2D eigenvalue weighted by atomic mass is 10.3. The summed E-state index contributed by atoms with van der Waals surface area (Å²) in [5.74, 6) is 0.178. The Balaban J connectivity index is 1.57. The first-order valence-corrected chi connectivity index (χ1v) is 10.1. The molecule has 4 rings (SSSR count). The van der Waals surface area contributed by atoms with Crippen LogP contribution in [0.1, 0.15) is 54.8 Å². The first kappa shape index (κ1) is 21.2. The molecule has 3 aromatic heterocycles. The van der Waals surface area contributed by atoms with Crippen molar-refractivity contribution in [3.05, 3.63) is 42.5 Å². The Bertz CT molecular complexity index is 1130. The van der Waals surface area contributed by atoms with E-state index in [2.05, 4.69) is 41.0 Å². The van der Waals surface area contributed by atoms with Crippen LogP contribution in [-0.2, 0) is 0 Å². The number of nitrogens with one attached hydrogen (secondary N) is 3. The number of ether oxygens (including phenoxy) is 1. The van der Waals surface area contributed by atoms with Crippen molar-refractivity contribution >= 4 is 29.2 Å². The van der Waals surface area contributed by atoms with E-state index in [9.17, 15) is 9.59 Å². The van der Waals surface area contributed by atoms with E-state index in [1.165, 1.54) is 24.3 Å². The highest BCUT2D eigenvalue weighted by atomic mass is 16.6. The third-order valence-corrected chi connectivity index (χ3v) is 4.73. The topological polar surface area (TPSA) is 149 Å². The minimum Gasteiger partial charge on any atom is -0.387 e. The van der Waals surface area contributed by atoms with Crippen molar-refractivity contribution < 1.29 is 14.3 Å². The van der Waals surface area contributed by atoms with Gasteiger partial charge in [0.1, 0.15) is 12.0 Å². The SMILES string of the molecule is CNC(=O)c1c(NC(=O)Oc2nc(C3CC3)cnc2Nc2cncnc2)cnn1C(C)C. The van der Waals surface area contributed by atoms with E-state index in [0.717, 1.165) is 18.5 Å². The number of rotatable bonds is 7. The first-order valence-electron chi connectivity index (χ1n) is 10.1. The average Bonchev–Trinajstić information content (AvgIpc) is 3.55. The maximum absolute atomic E-state index is 12.7. The Kier molecular flexibility index (Phi) is 5.92. The second-order valence-corrected chi connectivity index (χ2v) is 7.51. The van der Waals surface area contributed by atoms with Gasteiger partial charge in [0.2, 0.25) is 0 Å². The monoisotopic (exact) mass is 437 g/mol. The van der Waals surface area contributed by atoms with Gasteiger partial charge in [-0.3, -0.25) is 14.8 Å². The van der Waals surface area contributed by atoms with E-state index in [-0.39, 0.29) is 35.0 Å². The summed E-state index contributed by atoms with van der Waals surface area (Å²) >= 11 is 0. The van der Waals surface area contributed by atoms with Crippen LogP contribution in [0, 0.1) is 0 Å². The maximum atomic E-state index is 12.7. The zero-order valence-corrected chi connectivity index (χ0v) is 17.9. The third kappa shape index (κ3) is 4.63.